The molecule has 2 rings (SSSR count). The summed E-state index contributed by atoms with van der Waals surface area (Å²) in [6, 6.07) is 6.12. The molecular weight excluding hydrogens is 294 g/mol. The van der Waals surface area contributed by atoms with Crippen LogP contribution < -0.4 is 16.4 Å². The molecule has 1 aliphatic rings. The molecule has 1 aliphatic heterocycles. The van der Waals surface area contributed by atoms with E-state index in [0.717, 1.165) is 28.7 Å². The molecule has 1 fully saturated rings. The van der Waals surface area contributed by atoms with E-state index in [0.29, 0.717) is 13.1 Å². The second kappa shape index (κ2) is 4.90. The summed E-state index contributed by atoms with van der Waals surface area (Å²) in [5.41, 5.74) is 12.9. The van der Waals surface area contributed by atoms with Crippen molar-refractivity contribution in [2.24, 2.45) is 16.9 Å². The molecule has 1 saturated heterocycles. The zero-order valence-corrected chi connectivity index (χ0v) is 12.0. The molecule has 18 heavy (non-hydrogen) atoms. The van der Waals surface area contributed by atoms with Crippen LogP contribution in [0.5, 0.6) is 0 Å². The number of rotatable bonds is 3. The van der Waals surface area contributed by atoms with Crippen LogP contribution in [-0.2, 0) is 11.3 Å². The monoisotopic (exact) mass is 311 g/mol. The summed E-state index contributed by atoms with van der Waals surface area (Å²) in [7, 11) is 0. The average molecular weight is 312 g/mol. The van der Waals surface area contributed by atoms with Crippen molar-refractivity contribution >= 4 is 27.5 Å². The number of halogens is 1. The first-order valence-electron chi connectivity index (χ1n) is 5.99. The molecule has 0 spiro atoms. The molecule has 4 nitrogen and oxygen atoms in total. The van der Waals surface area contributed by atoms with Crippen LogP contribution in [0.25, 0.3) is 0 Å². The Morgan fingerprint density at radius 3 is 2.78 bits per heavy atom. The number of hydrogen-bond acceptors (Lipinski definition) is 3. The van der Waals surface area contributed by atoms with Crippen LogP contribution in [0.1, 0.15) is 18.9 Å². The third kappa shape index (κ3) is 2.52. The van der Waals surface area contributed by atoms with E-state index in [1.165, 1.54) is 0 Å². The molecule has 1 amide bonds. The van der Waals surface area contributed by atoms with Gasteiger partial charge in [-0.25, -0.2) is 0 Å². The number of carbonyl (C=O) groups excluding carboxylic acids is 1. The highest BCUT2D eigenvalue weighted by Crippen LogP contribution is 2.34. The number of carbonyl (C=O) groups is 1. The van der Waals surface area contributed by atoms with Crippen LogP contribution in [0.4, 0.5) is 5.69 Å². The van der Waals surface area contributed by atoms with Gasteiger partial charge >= 0.3 is 0 Å². The minimum atomic E-state index is -0.425. The Morgan fingerprint density at radius 2 is 2.22 bits per heavy atom. The minimum absolute atomic E-state index is 0.223. The van der Waals surface area contributed by atoms with Crippen LogP contribution in [-0.4, -0.2) is 19.0 Å². The zero-order chi connectivity index (χ0) is 13.3. The van der Waals surface area contributed by atoms with E-state index in [-0.39, 0.29) is 5.91 Å². The maximum absolute atomic E-state index is 11.5. The van der Waals surface area contributed by atoms with Crippen LogP contribution in [0.2, 0.25) is 0 Å². The first-order chi connectivity index (χ1) is 8.44. The minimum Gasteiger partial charge on any atom is -0.370 e. The lowest BCUT2D eigenvalue weighted by Crippen LogP contribution is -2.37. The van der Waals surface area contributed by atoms with Crippen molar-refractivity contribution in [2.45, 2.75) is 19.9 Å². The molecule has 1 heterocycles. The number of amides is 1. The smallest absolute Gasteiger partial charge is 0.225 e. The predicted molar refractivity (Wildman–Crippen MR) is 76.2 cm³/mol. The van der Waals surface area contributed by atoms with Crippen LogP contribution >= 0.6 is 15.9 Å². The molecule has 0 saturated carbocycles. The fourth-order valence-corrected chi connectivity index (χ4v) is 2.84. The van der Waals surface area contributed by atoms with Gasteiger partial charge in [-0.3, -0.25) is 4.79 Å². The molecule has 1 unspecified atom stereocenters. The van der Waals surface area contributed by atoms with Crippen LogP contribution in [0, 0.1) is 5.41 Å². The molecule has 0 aromatic heterocycles. The molecule has 5 heteroatoms. The van der Waals surface area contributed by atoms with Gasteiger partial charge in [0.05, 0.1) is 5.41 Å². The van der Waals surface area contributed by atoms with E-state index in [1.54, 1.807) is 0 Å². The van der Waals surface area contributed by atoms with Crippen molar-refractivity contribution in [3.63, 3.8) is 0 Å². The fraction of sp³-hybridized carbons (Fsp3) is 0.462. The highest BCUT2D eigenvalue weighted by molar-refractivity contribution is 9.10. The lowest BCUT2D eigenvalue weighted by molar-refractivity contribution is -0.125. The summed E-state index contributed by atoms with van der Waals surface area (Å²) in [5.74, 6) is -0.223. The second-order valence-electron chi connectivity index (χ2n) is 5.12. The summed E-state index contributed by atoms with van der Waals surface area (Å²) in [6.07, 6.45) is 0.798. The summed E-state index contributed by atoms with van der Waals surface area (Å²) in [5, 5.41) is 0. The maximum atomic E-state index is 11.5. The lowest BCUT2D eigenvalue weighted by atomic mass is 9.89. The Labute approximate surface area is 115 Å². The second-order valence-corrected chi connectivity index (χ2v) is 6.03. The maximum Gasteiger partial charge on any atom is 0.225 e. The Kier molecular flexibility index (Phi) is 3.64. The molecule has 0 radical (unpaired) electrons. The van der Waals surface area contributed by atoms with Crippen molar-refractivity contribution in [1.29, 1.82) is 0 Å². The first kappa shape index (κ1) is 13.4. The standard InChI is InChI=1S/C13H18BrN3O/c1-13(12(16)18)2-3-17(8-13)11-5-9(7-15)4-10(14)6-11/h4-6H,2-3,7-8,15H2,1H3,(H2,16,18). The third-order valence-electron chi connectivity index (χ3n) is 3.61. The molecule has 0 bridgehead atoms. The lowest BCUT2D eigenvalue weighted by Gasteiger charge is -2.23. The summed E-state index contributed by atoms with van der Waals surface area (Å²) in [4.78, 5) is 13.6. The largest absolute Gasteiger partial charge is 0.370 e. The van der Waals surface area contributed by atoms with Gasteiger partial charge in [0.25, 0.3) is 0 Å². The van der Waals surface area contributed by atoms with E-state index in [1.807, 2.05) is 19.1 Å². The molecular formula is C13H18BrN3O. The van der Waals surface area contributed by atoms with Crippen molar-refractivity contribution in [3.05, 3.63) is 28.2 Å². The van der Waals surface area contributed by atoms with Crippen molar-refractivity contribution in [1.82, 2.24) is 0 Å². The van der Waals surface area contributed by atoms with Gasteiger partial charge in [0.1, 0.15) is 0 Å². The number of nitrogens with two attached hydrogens (primary N) is 2. The zero-order valence-electron chi connectivity index (χ0n) is 10.4. The Hall–Kier alpha value is -1.07. The van der Waals surface area contributed by atoms with E-state index < -0.39 is 5.41 Å². The molecule has 0 aliphatic carbocycles. The van der Waals surface area contributed by atoms with Gasteiger partial charge in [0.2, 0.25) is 5.91 Å². The van der Waals surface area contributed by atoms with Crippen molar-refractivity contribution < 1.29 is 4.79 Å². The van der Waals surface area contributed by atoms with E-state index in [9.17, 15) is 4.79 Å². The number of benzene rings is 1. The highest BCUT2D eigenvalue weighted by Gasteiger charge is 2.38. The number of nitrogens with zero attached hydrogens (tertiary/aromatic N) is 1. The SMILES string of the molecule is CC1(C(N)=O)CCN(c2cc(Br)cc(CN)c2)C1. The fourth-order valence-electron chi connectivity index (χ4n) is 2.32. The highest BCUT2D eigenvalue weighted by atomic mass is 79.9. The van der Waals surface area contributed by atoms with E-state index in [4.69, 9.17) is 11.5 Å². The topological polar surface area (TPSA) is 72.4 Å². The average Bonchev–Trinajstić information content (AvgIpc) is 2.72. The summed E-state index contributed by atoms with van der Waals surface area (Å²) < 4.78 is 1.01. The van der Waals surface area contributed by atoms with Crippen molar-refractivity contribution in [3.8, 4) is 0 Å². The molecule has 1 aromatic carbocycles. The van der Waals surface area contributed by atoms with Gasteiger partial charge in [-0.05, 0) is 37.1 Å². The van der Waals surface area contributed by atoms with E-state index >= 15 is 0 Å². The van der Waals surface area contributed by atoms with Gasteiger partial charge in [-0.2, -0.15) is 0 Å². The van der Waals surface area contributed by atoms with Gasteiger partial charge in [-0.15, -0.1) is 0 Å². The Balaban J connectivity index is 2.24. The van der Waals surface area contributed by atoms with Gasteiger partial charge in [0.15, 0.2) is 0 Å². The quantitative estimate of drug-likeness (QED) is 0.890. The molecule has 1 aromatic rings. The first-order valence-corrected chi connectivity index (χ1v) is 6.78. The predicted octanol–water partition coefficient (Wildman–Crippen LogP) is 1.61. The van der Waals surface area contributed by atoms with Crippen LogP contribution in [0.3, 0.4) is 0 Å². The third-order valence-corrected chi connectivity index (χ3v) is 4.07. The molecule has 98 valence electrons. The Bertz CT molecular complexity index is 477. The summed E-state index contributed by atoms with van der Waals surface area (Å²) in [6.45, 7) is 3.95. The number of anilines is 1. The van der Waals surface area contributed by atoms with Crippen molar-refractivity contribution in [2.75, 3.05) is 18.0 Å². The molecule has 1 atom stereocenters. The van der Waals surface area contributed by atoms with Crippen LogP contribution in [0.15, 0.2) is 22.7 Å². The van der Waals surface area contributed by atoms with Gasteiger partial charge < -0.3 is 16.4 Å². The summed E-state index contributed by atoms with van der Waals surface area (Å²) >= 11 is 3.48. The Morgan fingerprint density at radius 1 is 1.50 bits per heavy atom. The van der Waals surface area contributed by atoms with Gasteiger partial charge in [-0.1, -0.05) is 15.9 Å². The number of primary amides is 1. The van der Waals surface area contributed by atoms with Gasteiger partial charge in [0, 0.05) is 29.8 Å². The molecule has 4 N–H and O–H groups in total. The van der Waals surface area contributed by atoms with E-state index in [2.05, 4.69) is 26.9 Å². The normalized spacial score (nSPS) is 23.4. The number of hydrogen-bond donors (Lipinski definition) is 2.